The van der Waals surface area contributed by atoms with Crippen molar-refractivity contribution in [2.24, 2.45) is 28.9 Å². The van der Waals surface area contributed by atoms with Crippen molar-refractivity contribution in [3.8, 4) is 5.75 Å². The van der Waals surface area contributed by atoms with Crippen molar-refractivity contribution in [2.75, 3.05) is 73.7 Å². The molecule has 1 fully saturated rings. The van der Waals surface area contributed by atoms with E-state index >= 15 is 19.2 Å². The minimum atomic E-state index is -1.51. The lowest BCUT2D eigenvalue weighted by Crippen LogP contribution is -2.61. The summed E-state index contributed by atoms with van der Waals surface area (Å²) in [5, 5.41) is 47.7. The van der Waals surface area contributed by atoms with Gasteiger partial charge in [-0.3, -0.25) is 58.8 Å². The first-order valence-corrected chi connectivity index (χ1v) is 32.0. The van der Waals surface area contributed by atoms with Crippen LogP contribution in [0.4, 0.5) is 0 Å². The number of hydrogen-bond donors (Lipinski definition) is 15. The van der Waals surface area contributed by atoms with E-state index in [9.17, 15) is 33.9 Å². The summed E-state index contributed by atoms with van der Waals surface area (Å²) in [5.74, 6) is -8.46. The topological polar surface area (TPSA) is 467 Å². The molecule has 1 aliphatic heterocycles. The summed E-state index contributed by atoms with van der Waals surface area (Å²) in [6.45, 7) is 6.27. The van der Waals surface area contributed by atoms with E-state index in [-0.39, 0.29) is 107 Å². The van der Waals surface area contributed by atoms with Crippen molar-refractivity contribution >= 4 is 71.0 Å². The molecular weight excluding hydrogens is 1230 g/mol. The number of ether oxygens (including phenoxy) is 2. The van der Waals surface area contributed by atoms with Crippen LogP contribution in [0.3, 0.4) is 0 Å². The van der Waals surface area contributed by atoms with Crippen LogP contribution < -0.4 is 65.5 Å². The normalized spacial score (nSPS) is 14.9. The summed E-state index contributed by atoms with van der Waals surface area (Å²) in [5.41, 5.74) is 23.7. The Hall–Kier alpha value is -9.42. The molecule has 0 bridgehead atoms. The summed E-state index contributed by atoms with van der Waals surface area (Å²) in [7, 11) is 4.36. The second-order valence-corrected chi connectivity index (χ2v) is 23.9. The van der Waals surface area contributed by atoms with E-state index in [1.807, 2.05) is 13.8 Å². The molecule has 8 atom stereocenters. The Labute approximate surface area is 555 Å². The summed E-state index contributed by atoms with van der Waals surface area (Å²) in [6, 6.07) is 13.3. The third-order valence-corrected chi connectivity index (χ3v) is 15.8. The number of nitrogens with two attached hydrogens (primary N) is 4. The number of aromatic hydroxyl groups is 1. The van der Waals surface area contributed by atoms with Gasteiger partial charge in [-0.2, -0.15) is 0 Å². The first-order chi connectivity index (χ1) is 45.3. The molecule has 1 heterocycles. The highest BCUT2D eigenvalue weighted by Crippen LogP contribution is 2.24. The van der Waals surface area contributed by atoms with Crippen LogP contribution in [0.5, 0.6) is 5.75 Å². The maximum absolute atomic E-state index is 15.2. The third-order valence-electron chi connectivity index (χ3n) is 15.8. The van der Waals surface area contributed by atoms with Crippen LogP contribution >= 0.6 is 0 Å². The number of methoxy groups -OCH3 is 1. The molecule has 95 heavy (non-hydrogen) atoms. The Morgan fingerprint density at radius 1 is 0.600 bits per heavy atom. The van der Waals surface area contributed by atoms with Gasteiger partial charge in [0.2, 0.25) is 59.1 Å². The molecule has 3 aromatic carbocycles. The van der Waals surface area contributed by atoms with Gasteiger partial charge >= 0.3 is 0 Å². The van der Waals surface area contributed by atoms with Crippen molar-refractivity contribution in [2.45, 2.75) is 146 Å². The fourth-order valence-corrected chi connectivity index (χ4v) is 10.8. The predicted molar refractivity (Wildman–Crippen MR) is 355 cm³/mol. The van der Waals surface area contributed by atoms with E-state index in [2.05, 4.69) is 42.5 Å². The van der Waals surface area contributed by atoms with Crippen LogP contribution in [0.2, 0.25) is 0 Å². The number of likely N-dealkylation sites (tertiary alicyclic amines) is 1. The summed E-state index contributed by atoms with van der Waals surface area (Å²) in [6.07, 6.45) is 0.728. The predicted octanol–water partition coefficient (Wildman–Crippen LogP) is -1.54. The number of guanidine groups is 2. The van der Waals surface area contributed by atoms with Crippen molar-refractivity contribution in [3.63, 3.8) is 0 Å². The SMILES string of the molecule is COCCOCCCNCCC(=O)N[C@@H](Cc1ccc(O)cc1)C(=O)N[C@@H](Cc1ccccc1)C(=O)N(C)[C@@H](CC(C)C)C(=O)N[C@@H](Cc1ccccc1)C(=O)N[C@@H](CCCNC(=N)N)C(=O)N1CCC[C@H]1C(=O)N(C)[C@@H](CCCNC(=N)N)C(=O)N[C@@H](CC(N)=O)C(N)=O. The highest BCUT2D eigenvalue weighted by atomic mass is 16.5. The van der Waals surface area contributed by atoms with Gasteiger partial charge in [-0.25, -0.2) is 0 Å². The maximum atomic E-state index is 15.2. The minimum Gasteiger partial charge on any atom is -0.508 e. The summed E-state index contributed by atoms with van der Waals surface area (Å²) in [4.78, 5) is 145. The van der Waals surface area contributed by atoms with Gasteiger partial charge in [0.25, 0.3) is 0 Å². The summed E-state index contributed by atoms with van der Waals surface area (Å²) < 4.78 is 10.5. The molecule has 0 radical (unpaired) electrons. The molecule has 10 amide bonds. The lowest BCUT2D eigenvalue weighted by Gasteiger charge is -2.35. The lowest BCUT2D eigenvalue weighted by atomic mass is 9.98. The van der Waals surface area contributed by atoms with Gasteiger partial charge in [-0.05, 0) is 92.7 Å². The second-order valence-electron chi connectivity index (χ2n) is 23.9. The molecule has 30 nitrogen and oxygen atoms in total. The molecule has 1 saturated heterocycles. The highest BCUT2D eigenvalue weighted by Gasteiger charge is 2.43. The number of benzene rings is 3. The largest absolute Gasteiger partial charge is 0.508 e. The monoisotopic (exact) mass is 1330 g/mol. The van der Waals surface area contributed by atoms with E-state index in [4.69, 9.17) is 43.2 Å². The van der Waals surface area contributed by atoms with Crippen LogP contribution in [0, 0.1) is 16.7 Å². The van der Waals surface area contributed by atoms with Crippen molar-refractivity contribution in [3.05, 3.63) is 102 Å². The van der Waals surface area contributed by atoms with E-state index in [1.165, 1.54) is 36.0 Å². The molecule has 0 aromatic heterocycles. The van der Waals surface area contributed by atoms with Crippen LogP contribution in [0.25, 0.3) is 0 Å². The molecule has 4 rings (SSSR count). The number of primary amides is 2. The van der Waals surface area contributed by atoms with E-state index in [0.717, 1.165) is 4.90 Å². The maximum Gasteiger partial charge on any atom is 0.245 e. The zero-order chi connectivity index (χ0) is 70.0. The van der Waals surface area contributed by atoms with Crippen molar-refractivity contribution in [1.82, 2.24) is 57.2 Å². The molecule has 0 saturated carbocycles. The molecule has 19 N–H and O–H groups in total. The number of phenols is 1. The zero-order valence-electron chi connectivity index (χ0n) is 55.1. The Bertz CT molecular complexity index is 3000. The van der Waals surface area contributed by atoms with Crippen molar-refractivity contribution in [1.29, 1.82) is 10.8 Å². The van der Waals surface area contributed by atoms with Gasteiger partial charge in [-0.15, -0.1) is 0 Å². The Kier molecular flexibility index (Phi) is 33.9. The molecule has 522 valence electrons. The number of nitrogens with zero attached hydrogens (tertiary/aromatic N) is 3. The van der Waals surface area contributed by atoms with Gasteiger partial charge in [0.15, 0.2) is 11.9 Å². The average Bonchev–Trinajstić information content (AvgIpc) is 1.80. The van der Waals surface area contributed by atoms with Gasteiger partial charge in [-0.1, -0.05) is 86.6 Å². The molecule has 0 unspecified atom stereocenters. The van der Waals surface area contributed by atoms with Gasteiger partial charge in [0.1, 0.15) is 54.1 Å². The van der Waals surface area contributed by atoms with Crippen LogP contribution in [-0.2, 0) is 76.7 Å². The minimum absolute atomic E-state index is 0.00640. The molecule has 3 aromatic rings. The van der Waals surface area contributed by atoms with Crippen LogP contribution in [-0.4, -0.2) is 213 Å². The number of likely N-dealkylation sites (N-methyl/N-ethyl adjacent to an activating group) is 2. The highest BCUT2D eigenvalue weighted by molar-refractivity contribution is 5.99. The molecule has 1 aliphatic rings. The van der Waals surface area contributed by atoms with Crippen LogP contribution in [0.1, 0.15) is 94.7 Å². The number of phenolic OH excluding ortho intramolecular Hbond substituents is 1. The summed E-state index contributed by atoms with van der Waals surface area (Å²) >= 11 is 0. The number of nitrogens with one attached hydrogen (secondary N) is 10. The van der Waals surface area contributed by atoms with Crippen LogP contribution in [0.15, 0.2) is 84.9 Å². The first kappa shape index (κ1) is 78.0. The molecule has 0 spiro atoms. The number of carbonyl (C=O) groups is 10. The van der Waals surface area contributed by atoms with Crippen molar-refractivity contribution < 1.29 is 62.5 Å². The first-order valence-electron chi connectivity index (χ1n) is 32.0. The standard InChI is InChI=1S/C65H99N17O13/c1-41(2)36-53(81(4)61(91)50(39-43-18-10-7-11-19-43)79-57(87)48(38-44-23-25-45(83)26-24-44)75-55(85)27-31-72-28-15-33-95-35-34-94-5)60(90)78-49(37-42-16-8-6-9-17-42)58(88)76-46(20-12-29-73-64(68)69)62(92)82-32-14-22-52(82)63(93)80(3)51(21-13-30-74-65(70)71)59(89)77-47(56(67)86)40-54(66)84/h6-11,16-19,23-26,41,46-53,72,83H,12-15,20-22,27-40H2,1-5H3,(H2,66,84)(H2,67,86)(H,75,85)(H,76,88)(H,77,89)(H,78,90)(H,79,87)(H4,68,69,73)(H4,70,71,74)/t46-,47-,48-,49-,50-,51-,52-,53-/m0/s1. The fourth-order valence-electron chi connectivity index (χ4n) is 10.8. The smallest absolute Gasteiger partial charge is 0.245 e. The number of rotatable bonds is 43. The Balaban J connectivity index is 1.66. The number of carbonyl (C=O) groups excluding carboxylic acids is 10. The van der Waals surface area contributed by atoms with Gasteiger partial charge in [0, 0.05) is 79.7 Å². The van der Waals surface area contributed by atoms with E-state index < -0.39 is 114 Å². The van der Waals surface area contributed by atoms with E-state index in [1.54, 1.807) is 79.9 Å². The number of amides is 10. The average molecular weight is 1330 g/mol. The molecular formula is C65H99N17O13. The third kappa shape index (κ3) is 28.0. The Morgan fingerprint density at radius 3 is 1.68 bits per heavy atom. The van der Waals surface area contributed by atoms with E-state index in [0.29, 0.717) is 62.4 Å². The Morgan fingerprint density at radius 2 is 1.13 bits per heavy atom. The van der Waals surface area contributed by atoms with Gasteiger partial charge in [0.05, 0.1) is 19.6 Å². The fraction of sp³-hybridized carbons (Fsp3) is 0.538. The quantitative estimate of drug-likeness (QED) is 0.0173. The van der Waals surface area contributed by atoms with Gasteiger partial charge < -0.3 is 94.7 Å². The molecule has 0 aliphatic carbocycles. The molecule has 30 heteroatoms. The zero-order valence-corrected chi connectivity index (χ0v) is 55.1. The lowest BCUT2D eigenvalue weighted by molar-refractivity contribution is -0.148. The number of hydrogen-bond acceptors (Lipinski definition) is 16. The second kappa shape index (κ2) is 41.3.